The van der Waals surface area contributed by atoms with Crippen LogP contribution in [0.1, 0.15) is 44.9 Å². The van der Waals surface area contributed by atoms with Crippen LogP contribution in [0.2, 0.25) is 0 Å². The van der Waals surface area contributed by atoms with E-state index in [0.29, 0.717) is 12.6 Å². The Morgan fingerprint density at radius 3 is 2.89 bits per heavy atom. The molecule has 1 unspecified atom stereocenters. The number of hydrogen-bond donors (Lipinski definition) is 2. The van der Waals surface area contributed by atoms with E-state index in [0.717, 1.165) is 31.0 Å². The maximum atomic E-state index is 11.7. The minimum Gasteiger partial charge on any atom is -0.345 e. The van der Waals surface area contributed by atoms with Crippen LogP contribution in [0, 0.1) is 0 Å². The normalized spacial score (nSPS) is 15.8. The van der Waals surface area contributed by atoms with E-state index in [-0.39, 0.29) is 11.9 Å². The Balaban J connectivity index is 1.91. The van der Waals surface area contributed by atoms with Crippen LogP contribution in [0.15, 0.2) is 0 Å². The van der Waals surface area contributed by atoms with Crippen molar-refractivity contribution >= 4 is 5.91 Å². The second-order valence-electron chi connectivity index (χ2n) is 5.05. The average Bonchev–Trinajstić information content (AvgIpc) is 2.87. The Bertz CT molecular complexity index is 426. The highest BCUT2D eigenvalue weighted by Crippen LogP contribution is 2.18. The monoisotopic (exact) mass is 251 g/mol. The summed E-state index contributed by atoms with van der Waals surface area (Å²) in [6.45, 7) is 7.28. The van der Waals surface area contributed by atoms with Gasteiger partial charge in [-0.3, -0.25) is 4.79 Å². The van der Waals surface area contributed by atoms with Gasteiger partial charge in [-0.15, -0.1) is 10.2 Å². The van der Waals surface area contributed by atoms with E-state index in [1.165, 1.54) is 0 Å². The highest BCUT2D eigenvalue weighted by Gasteiger charge is 2.22. The Morgan fingerprint density at radius 2 is 2.17 bits per heavy atom. The minimum atomic E-state index is -0.0918. The van der Waals surface area contributed by atoms with Crippen LogP contribution in [0.5, 0.6) is 0 Å². The van der Waals surface area contributed by atoms with Crippen molar-refractivity contribution in [3.05, 3.63) is 11.6 Å². The second-order valence-corrected chi connectivity index (χ2v) is 5.05. The van der Waals surface area contributed by atoms with E-state index in [1.807, 2.05) is 20.8 Å². The second kappa shape index (κ2) is 5.48. The molecule has 2 N–H and O–H groups in total. The molecule has 2 heterocycles. The summed E-state index contributed by atoms with van der Waals surface area (Å²) >= 11 is 0. The molecule has 0 saturated heterocycles. The van der Waals surface area contributed by atoms with Gasteiger partial charge in [-0.05, 0) is 13.3 Å². The number of carbonyl (C=O) groups is 1. The van der Waals surface area contributed by atoms with Gasteiger partial charge in [0.2, 0.25) is 5.91 Å². The van der Waals surface area contributed by atoms with Crippen LogP contribution in [-0.2, 0) is 17.8 Å². The van der Waals surface area contributed by atoms with Gasteiger partial charge in [0, 0.05) is 19.0 Å². The Labute approximate surface area is 107 Å². The topological polar surface area (TPSA) is 71.8 Å². The number of hydrogen-bond acceptors (Lipinski definition) is 4. The fourth-order valence-corrected chi connectivity index (χ4v) is 2.15. The predicted octanol–water partition coefficient (Wildman–Crippen LogP) is 0.399. The molecule has 0 radical (unpaired) electrons. The standard InChI is InChI=1S/C12H21N5O/c1-8(2)13-7-11(18)14-9(3)12-16-15-10-5-4-6-17(10)12/h8-9,13H,4-7H2,1-3H3,(H,14,18). The third kappa shape index (κ3) is 2.87. The molecule has 0 fully saturated rings. The zero-order valence-corrected chi connectivity index (χ0v) is 11.2. The van der Waals surface area contributed by atoms with Crippen molar-refractivity contribution in [2.75, 3.05) is 6.54 Å². The maximum Gasteiger partial charge on any atom is 0.234 e. The van der Waals surface area contributed by atoms with Crippen molar-refractivity contribution in [3.8, 4) is 0 Å². The van der Waals surface area contributed by atoms with E-state index in [9.17, 15) is 4.79 Å². The summed E-state index contributed by atoms with van der Waals surface area (Å²) in [4.78, 5) is 11.7. The number of amides is 1. The Hall–Kier alpha value is -1.43. The molecule has 0 saturated carbocycles. The molecule has 0 aliphatic carbocycles. The van der Waals surface area contributed by atoms with Gasteiger partial charge in [0.05, 0.1) is 12.6 Å². The Morgan fingerprint density at radius 1 is 1.39 bits per heavy atom. The molecule has 6 nitrogen and oxygen atoms in total. The van der Waals surface area contributed by atoms with Gasteiger partial charge in [0.15, 0.2) is 5.82 Å². The van der Waals surface area contributed by atoms with Crippen molar-refractivity contribution in [1.82, 2.24) is 25.4 Å². The molecule has 1 atom stereocenters. The Kier molecular flexibility index (Phi) is 3.96. The highest BCUT2D eigenvalue weighted by molar-refractivity contribution is 5.78. The minimum absolute atomic E-state index is 0.00783. The molecule has 6 heteroatoms. The average molecular weight is 251 g/mol. The third-order valence-corrected chi connectivity index (χ3v) is 3.07. The molecule has 1 amide bonds. The van der Waals surface area contributed by atoms with Gasteiger partial charge < -0.3 is 15.2 Å². The predicted molar refractivity (Wildman–Crippen MR) is 68.0 cm³/mol. The molecule has 1 aliphatic heterocycles. The number of aryl methyl sites for hydroxylation is 1. The lowest BCUT2D eigenvalue weighted by molar-refractivity contribution is -0.121. The summed E-state index contributed by atoms with van der Waals surface area (Å²) in [5.41, 5.74) is 0. The molecule has 18 heavy (non-hydrogen) atoms. The zero-order valence-electron chi connectivity index (χ0n) is 11.2. The van der Waals surface area contributed by atoms with Crippen LogP contribution >= 0.6 is 0 Å². The summed E-state index contributed by atoms with van der Waals surface area (Å²) in [5, 5.41) is 14.3. The molecule has 1 aromatic heterocycles. The van der Waals surface area contributed by atoms with E-state index >= 15 is 0 Å². The van der Waals surface area contributed by atoms with Crippen LogP contribution < -0.4 is 10.6 Å². The van der Waals surface area contributed by atoms with Crippen LogP contribution in [0.3, 0.4) is 0 Å². The first-order valence-corrected chi connectivity index (χ1v) is 6.52. The number of nitrogens with zero attached hydrogens (tertiary/aromatic N) is 3. The first kappa shape index (κ1) is 13.0. The largest absolute Gasteiger partial charge is 0.345 e. The van der Waals surface area contributed by atoms with Crippen molar-refractivity contribution in [3.63, 3.8) is 0 Å². The number of rotatable bonds is 5. The summed E-state index contributed by atoms with van der Waals surface area (Å²) in [6, 6.07) is 0.217. The lowest BCUT2D eigenvalue weighted by atomic mass is 10.3. The van der Waals surface area contributed by atoms with Gasteiger partial charge in [0.1, 0.15) is 5.82 Å². The van der Waals surface area contributed by atoms with Gasteiger partial charge in [0.25, 0.3) is 0 Å². The molecule has 2 rings (SSSR count). The van der Waals surface area contributed by atoms with Crippen LogP contribution in [-0.4, -0.2) is 33.3 Å². The molecular formula is C12H21N5O. The summed E-state index contributed by atoms with van der Waals surface area (Å²) in [6.07, 6.45) is 2.11. The summed E-state index contributed by atoms with van der Waals surface area (Å²) in [7, 11) is 0. The van der Waals surface area contributed by atoms with E-state index in [1.54, 1.807) is 0 Å². The quantitative estimate of drug-likeness (QED) is 0.794. The molecule has 1 aromatic rings. The number of nitrogens with one attached hydrogen (secondary N) is 2. The van der Waals surface area contributed by atoms with Crippen molar-refractivity contribution in [2.45, 2.75) is 52.2 Å². The van der Waals surface area contributed by atoms with Gasteiger partial charge in [-0.2, -0.15) is 0 Å². The molecule has 0 spiro atoms. The third-order valence-electron chi connectivity index (χ3n) is 3.07. The first-order valence-electron chi connectivity index (χ1n) is 6.52. The van der Waals surface area contributed by atoms with Crippen molar-refractivity contribution in [2.24, 2.45) is 0 Å². The van der Waals surface area contributed by atoms with Gasteiger partial charge in [-0.1, -0.05) is 13.8 Å². The first-order chi connectivity index (χ1) is 8.58. The lowest BCUT2D eigenvalue weighted by Gasteiger charge is -2.15. The zero-order chi connectivity index (χ0) is 13.1. The maximum absolute atomic E-state index is 11.7. The lowest BCUT2D eigenvalue weighted by Crippen LogP contribution is -2.38. The molecule has 0 bridgehead atoms. The molecule has 1 aliphatic rings. The van der Waals surface area contributed by atoms with Crippen molar-refractivity contribution in [1.29, 1.82) is 0 Å². The van der Waals surface area contributed by atoms with E-state index < -0.39 is 0 Å². The molecular weight excluding hydrogens is 230 g/mol. The fourth-order valence-electron chi connectivity index (χ4n) is 2.15. The highest BCUT2D eigenvalue weighted by atomic mass is 16.2. The number of carbonyl (C=O) groups excluding carboxylic acids is 1. The van der Waals surface area contributed by atoms with Crippen LogP contribution in [0.4, 0.5) is 0 Å². The van der Waals surface area contributed by atoms with Crippen molar-refractivity contribution < 1.29 is 4.79 Å². The fraction of sp³-hybridized carbons (Fsp3) is 0.750. The SMILES string of the molecule is CC(C)NCC(=O)NC(C)c1nnc2n1CCC2. The molecule has 100 valence electrons. The summed E-state index contributed by atoms with van der Waals surface area (Å²) < 4.78 is 2.11. The van der Waals surface area contributed by atoms with E-state index in [2.05, 4.69) is 25.4 Å². The van der Waals surface area contributed by atoms with Gasteiger partial charge in [-0.25, -0.2) is 0 Å². The summed E-state index contributed by atoms with van der Waals surface area (Å²) in [5.74, 6) is 1.89. The smallest absolute Gasteiger partial charge is 0.234 e. The number of aromatic nitrogens is 3. The number of fused-ring (bicyclic) bond motifs is 1. The van der Waals surface area contributed by atoms with Gasteiger partial charge >= 0.3 is 0 Å². The van der Waals surface area contributed by atoms with E-state index in [4.69, 9.17) is 0 Å². The molecule has 0 aromatic carbocycles. The van der Waals surface area contributed by atoms with Crippen LogP contribution in [0.25, 0.3) is 0 Å².